The van der Waals surface area contributed by atoms with E-state index in [1.165, 1.54) is 36.4 Å². The smallest absolute Gasteiger partial charge is 0.0946 e. The Morgan fingerprint density at radius 1 is 1.47 bits per heavy atom. The lowest BCUT2D eigenvalue weighted by Gasteiger charge is -2.37. The predicted molar refractivity (Wildman–Crippen MR) is 83.7 cm³/mol. The summed E-state index contributed by atoms with van der Waals surface area (Å²) in [5.41, 5.74) is 7.99. The van der Waals surface area contributed by atoms with Crippen LogP contribution in [0.5, 0.6) is 0 Å². The summed E-state index contributed by atoms with van der Waals surface area (Å²) in [5.74, 6) is 0.820. The Balaban J connectivity index is 2.05. The molecule has 1 aliphatic rings. The Hall–Kier alpha value is -0.410. The molecule has 108 valence electrons. The first kappa shape index (κ1) is 15.0. The molecule has 1 fully saturated rings. The molecule has 2 atom stereocenters. The summed E-state index contributed by atoms with van der Waals surface area (Å²) in [6.45, 7) is 8.95. The first-order valence-electron chi connectivity index (χ1n) is 7.56. The Bertz CT molecular complexity index is 419. The van der Waals surface area contributed by atoms with Gasteiger partial charge in [-0.25, -0.2) is 4.98 Å². The summed E-state index contributed by atoms with van der Waals surface area (Å²) in [7, 11) is 0. The number of hydrogen-bond donors (Lipinski definition) is 1. The lowest BCUT2D eigenvalue weighted by atomic mass is 9.74. The third kappa shape index (κ3) is 3.79. The molecule has 1 aliphatic carbocycles. The topological polar surface area (TPSA) is 38.9 Å². The van der Waals surface area contributed by atoms with Gasteiger partial charge in [0.2, 0.25) is 0 Å². The van der Waals surface area contributed by atoms with Crippen molar-refractivity contribution in [2.75, 3.05) is 0 Å². The van der Waals surface area contributed by atoms with Crippen LogP contribution in [0.25, 0.3) is 0 Å². The van der Waals surface area contributed by atoms with Gasteiger partial charge in [0.25, 0.3) is 0 Å². The van der Waals surface area contributed by atoms with Gasteiger partial charge in [-0.2, -0.15) is 0 Å². The average Bonchev–Trinajstić information content (AvgIpc) is 2.76. The average molecular weight is 280 g/mol. The molecule has 1 saturated carbocycles. The summed E-state index contributed by atoms with van der Waals surface area (Å²) in [5, 5.41) is 3.43. The molecule has 2 rings (SSSR count). The van der Waals surface area contributed by atoms with Crippen LogP contribution in [0.3, 0.4) is 0 Å². The lowest BCUT2D eigenvalue weighted by molar-refractivity contribution is 0.218. The van der Waals surface area contributed by atoms with Crippen LogP contribution in [0.4, 0.5) is 0 Å². The van der Waals surface area contributed by atoms with Crippen molar-refractivity contribution in [3.05, 3.63) is 16.1 Å². The highest BCUT2D eigenvalue weighted by Crippen LogP contribution is 2.35. The maximum atomic E-state index is 6.64. The fraction of sp³-hybridized carbons (Fsp3) is 0.812. The Kier molecular flexibility index (Phi) is 4.36. The minimum atomic E-state index is -0.00800. The van der Waals surface area contributed by atoms with E-state index in [2.05, 4.69) is 33.1 Å². The van der Waals surface area contributed by atoms with Crippen LogP contribution in [-0.2, 0) is 11.8 Å². The molecule has 1 aromatic heterocycles. The predicted octanol–water partition coefficient (Wildman–Crippen LogP) is 4.28. The zero-order valence-electron chi connectivity index (χ0n) is 12.8. The third-order valence-electron chi connectivity index (χ3n) is 4.38. The quantitative estimate of drug-likeness (QED) is 0.897. The number of thiazole rings is 1. The fourth-order valence-electron chi connectivity index (χ4n) is 3.07. The largest absolute Gasteiger partial charge is 0.325 e. The molecule has 1 aromatic rings. The van der Waals surface area contributed by atoms with Crippen molar-refractivity contribution in [2.45, 2.75) is 77.2 Å². The van der Waals surface area contributed by atoms with E-state index >= 15 is 0 Å². The minimum absolute atomic E-state index is 0.00800. The Morgan fingerprint density at radius 2 is 2.21 bits per heavy atom. The van der Waals surface area contributed by atoms with Crippen molar-refractivity contribution >= 4 is 11.3 Å². The standard InChI is InChI=1S/C16H28N2S/c1-5-12-7-6-8-16(17,9-12)10-14-18-13(11-19-14)15(2,3)4/h11-12H,5-10,17H2,1-4H3. The van der Waals surface area contributed by atoms with Gasteiger partial charge in [0, 0.05) is 22.8 Å². The summed E-state index contributed by atoms with van der Waals surface area (Å²) >= 11 is 1.79. The molecular formula is C16H28N2S. The molecule has 2 N–H and O–H groups in total. The second-order valence-electron chi connectivity index (χ2n) is 7.29. The van der Waals surface area contributed by atoms with E-state index in [0.29, 0.717) is 0 Å². The molecule has 2 unspecified atom stereocenters. The van der Waals surface area contributed by atoms with Crippen molar-refractivity contribution in [2.24, 2.45) is 11.7 Å². The number of aromatic nitrogens is 1. The van der Waals surface area contributed by atoms with Crippen LogP contribution < -0.4 is 5.73 Å². The zero-order valence-corrected chi connectivity index (χ0v) is 13.6. The Labute approximate surface area is 121 Å². The SMILES string of the molecule is CCC1CCCC(N)(Cc2nc(C(C)(C)C)cs2)C1. The highest BCUT2D eigenvalue weighted by atomic mass is 32.1. The van der Waals surface area contributed by atoms with Gasteiger partial charge in [-0.05, 0) is 18.8 Å². The van der Waals surface area contributed by atoms with Crippen LogP contribution in [0, 0.1) is 5.92 Å². The first-order chi connectivity index (χ1) is 8.82. The van der Waals surface area contributed by atoms with Crippen molar-refractivity contribution in [3.8, 4) is 0 Å². The third-order valence-corrected chi connectivity index (χ3v) is 5.23. The summed E-state index contributed by atoms with van der Waals surface area (Å²) in [4.78, 5) is 4.81. The maximum absolute atomic E-state index is 6.64. The van der Waals surface area contributed by atoms with Gasteiger partial charge in [-0.1, -0.05) is 47.0 Å². The van der Waals surface area contributed by atoms with Crippen molar-refractivity contribution < 1.29 is 0 Å². The van der Waals surface area contributed by atoms with E-state index in [9.17, 15) is 0 Å². The van der Waals surface area contributed by atoms with Gasteiger partial charge in [-0.15, -0.1) is 11.3 Å². The highest BCUT2D eigenvalue weighted by molar-refractivity contribution is 7.09. The summed E-state index contributed by atoms with van der Waals surface area (Å²) in [6, 6.07) is 0. The molecule has 0 spiro atoms. The van der Waals surface area contributed by atoms with E-state index < -0.39 is 0 Å². The van der Waals surface area contributed by atoms with Crippen molar-refractivity contribution in [1.82, 2.24) is 4.98 Å². The van der Waals surface area contributed by atoms with Gasteiger partial charge in [0.05, 0.1) is 10.7 Å². The summed E-state index contributed by atoms with van der Waals surface area (Å²) in [6.07, 6.45) is 7.21. The Morgan fingerprint density at radius 3 is 2.79 bits per heavy atom. The van der Waals surface area contributed by atoms with E-state index in [-0.39, 0.29) is 11.0 Å². The molecule has 0 aliphatic heterocycles. The van der Waals surface area contributed by atoms with Gasteiger partial charge in [0.1, 0.15) is 0 Å². The van der Waals surface area contributed by atoms with E-state index in [4.69, 9.17) is 10.7 Å². The van der Waals surface area contributed by atoms with E-state index in [1.807, 2.05) is 0 Å². The molecular weight excluding hydrogens is 252 g/mol. The number of rotatable bonds is 3. The molecule has 19 heavy (non-hydrogen) atoms. The van der Waals surface area contributed by atoms with Gasteiger partial charge >= 0.3 is 0 Å². The molecule has 0 saturated heterocycles. The maximum Gasteiger partial charge on any atom is 0.0946 e. The molecule has 2 nitrogen and oxygen atoms in total. The van der Waals surface area contributed by atoms with Crippen LogP contribution in [-0.4, -0.2) is 10.5 Å². The second-order valence-corrected chi connectivity index (χ2v) is 8.23. The van der Waals surface area contributed by atoms with Gasteiger partial charge in [-0.3, -0.25) is 0 Å². The van der Waals surface area contributed by atoms with Gasteiger partial charge in [0.15, 0.2) is 0 Å². The minimum Gasteiger partial charge on any atom is -0.325 e. The van der Waals surface area contributed by atoms with Crippen LogP contribution >= 0.6 is 11.3 Å². The molecule has 0 amide bonds. The highest BCUT2D eigenvalue weighted by Gasteiger charge is 2.33. The van der Waals surface area contributed by atoms with Crippen LogP contribution in [0.1, 0.15) is 70.5 Å². The summed E-state index contributed by atoms with van der Waals surface area (Å²) < 4.78 is 0. The lowest BCUT2D eigenvalue weighted by Crippen LogP contribution is -2.46. The number of nitrogens with zero attached hydrogens (tertiary/aromatic N) is 1. The van der Waals surface area contributed by atoms with E-state index in [0.717, 1.165) is 18.8 Å². The molecule has 1 heterocycles. The molecule has 0 aromatic carbocycles. The van der Waals surface area contributed by atoms with Gasteiger partial charge < -0.3 is 5.73 Å². The fourth-order valence-corrected chi connectivity index (χ4v) is 4.24. The van der Waals surface area contributed by atoms with E-state index in [1.54, 1.807) is 11.3 Å². The van der Waals surface area contributed by atoms with Crippen molar-refractivity contribution in [1.29, 1.82) is 0 Å². The molecule has 3 heteroatoms. The number of nitrogens with two attached hydrogens (primary N) is 1. The monoisotopic (exact) mass is 280 g/mol. The van der Waals surface area contributed by atoms with Crippen LogP contribution in [0.15, 0.2) is 5.38 Å². The zero-order chi connectivity index (χ0) is 14.1. The normalized spacial score (nSPS) is 28.6. The van der Waals surface area contributed by atoms with Crippen LogP contribution in [0.2, 0.25) is 0 Å². The van der Waals surface area contributed by atoms with Crippen molar-refractivity contribution in [3.63, 3.8) is 0 Å². The molecule has 0 bridgehead atoms. The first-order valence-corrected chi connectivity index (χ1v) is 8.44. The molecule has 0 radical (unpaired) electrons. The second kappa shape index (κ2) is 5.53. The number of hydrogen-bond acceptors (Lipinski definition) is 3.